The second-order valence-electron chi connectivity index (χ2n) is 9.95. The molecule has 2 aromatic rings. The number of benzene rings is 1. The lowest BCUT2D eigenvalue weighted by Gasteiger charge is -2.37. The van der Waals surface area contributed by atoms with E-state index in [1.54, 1.807) is 0 Å². The van der Waals surface area contributed by atoms with Crippen molar-refractivity contribution in [2.75, 3.05) is 0 Å². The van der Waals surface area contributed by atoms with E-state index in [0.717, 1.165) is 24.2 Å². The summed E-state index contributed by atoms with van der Waals surface area (Å²) in [7, 11) is 0. The van der Waals surface area contributed by atoms with Crippen LogP contribution >= 0.6 is 0 Å². The van der Waals surface area contributed by atoms with Gasteiger partial charge >= 0.3 is 0 Å². The highest BCUT2D eigenvalue weighted by Crippen LogP contribution is 2.67. The van der Waals surface area contributed by atoms with Gasteiger partial charge in [-0.2, -0.15) is 0 Å². The highest BCUT2D eigenvalue weighted by molar-refractivity contribution is 5.47. The average Bonchev–Trinajstić information content (AvgIpc) is 3.15. The lowest BCUT2D eigenvalue weighted by molar-refractivity contribution is 0.207. The first kappa shape index (κ1) is 17.3. The summed E-state index contributed by atoms with van der Waals surface area (Å²) in [6.07, 6.45) is 9.04. The molecule has 144 valence electrons. The van der Waals surface area contributed by atoms with Gasteiger partial charge in [0, 0.05) is 17.5 Å². The molecule has 3 heteroatoms. The van der Waals surface area contributed by atoms with E-state index in [9.17, 15) is 4.79 Å². The molecule has 3 aliphatic carbocycles. The number of hydrogen-bond acceptors (Lipinski definition) is 1. The van der Waals surface area contributed by atoms with Crippen molar-refractivity contribution in [1.82, 2.24) is 9.36 Å². The molecule has 0 radical (unpaired) electrons. The monoisotopic (exact) mass is 364 g/mol. The number of nitrogens with zero attached hydrogens (tertiary/aromatic N) is 2. The minimum Gasteiger partial charge on any atom is -0.281 e. The third kappa shape index (κ3) is 2.23. The van der Waals surface area contributed by atoms with Crippen molar-refractivity contribution in [1.29, 1.82) is 0 Å². The summed E-state index contributed by atoms with van der Waals surface area (Å²) < 4.78 is 4.44. The van der Waals surface area contributed by atoms with E-state index in [2.05, 4.69) is 37.6 Å². The molecule has 3 nitrogen and oxygen atoms in total. The maximum absolute atomic E-state index is 13.7. The first-order chi connectivity index (χ1) is 12.9. The van der Waals surface area contributed by atoms with Crippen molar-refractivity contribution >= 4 is 0 Å². The molecule has 0 saturated heterocycles. The molecule has 3 aliphatic rings. The van der Waals surface area contributed by atoms with Gasteiger partial charge in [0.15, 0.2) is 0 Å². The fourth-order valence-electron chi connectivity index (χ4n) is 6.50. The van der Waals surface area contributed by atoms with E-state index in [-0.39, 0.29) is 16.4 Å². The predicted octanol–water partition coefficient (Wildman–Crippen LogP) is 5.39. The summed E-state index contributed by atoms with van der Waals surface area (Å²) in [4.78, 5) is 13.7. The molecule has 1 aromatic carbocycles. The van der Waals surface area contributed by atoms with Crippen LogP contribution in [0, 0.1) is 11.3 Å². The van der Waals surface area contributed by atoms with Crippen LogP contribution in [-0.4, -0.2) is 9.36 Å². The maximum atomic E-state index is 13.7. The number of hydrogen-bond donors (Lipinski definition) is 0. The molecule has 0 amide bonds. The van der Waals surface area contributed by atoms with Crippen LogP contribution in [-0.2, 0) is 12.0 Å². The topological polar surface area (TPSA) is 26.9 Å². The highest BCUT2D eigenvalue weighted by Gasteiger charge is 2.62. The number of fused-ring (bicyclic) bond motifs is 5. The zero-order valence-corrected chi connectivity index (χ0v) is 17.0. The quantitative estimate of drug-likeness (QED) is 0.717. The van der Waals surface area contributed by atoms with Crippen LogP contribution in [0.4, 0.5) is 0 Å². The molecule has 2 saturated carbocycles. The Kier molecular flexibility index (Phi) is 3.76. The van der Waals surface area contributed by atoms with Gasteiger partial charge < -0.3 is 0 Å². The Morgan fingerprint density at radius 2 is 1.70 bits per heavy atom. The minimum atomic E-state index is 0.112. The third-order valence-electron chi connectivity index (χ3n) is 8.43. The van der Waals surface area contributed by atoms with Crippen LogP contribution in [0.3, 0.4) is 0 Å². The molecule has 1 aromatic heterocycles. The molecule has 0 N–H and O–H groups in total. The molecule has 27 heavy (non-hydrogen) atoms. The summed E-state index contributed by atoms with van der Waals surface area (Å²) in [5.41, 5.74) is 4.06. The molecule has 1 heterocycles. The third-order valence-corrected chi connectivity index (χ3v) is 8.43. The molecule has 2 fully saturated rings. The Morgan fingerprint density at radius 1 is 1.00 bits per heavy atom. The Bertz CT molecular complexity index is 914. The summed E-state index contributed by atoms with van der Waals surface area (Å²) in [5.74, 6) is 1.11. The minimum absolute atomic E-state index is 0.112. The zero-order valence-electron chi connectivity index (χ0n) is 17.0. The zero-order chi connectivity index (χ0) is 18.8. The molecule has 0 aliphatic heterocycles. The standard InChI is InChI=1S/C24H32N2O/c1-23(2)19-14-15-24(23,3)21-20(19)22(27)26(18-12-8-5-9-13-18)25(21)16-17-10-6-4-7-11-17/h5,8-9,12-13,17,19H,4,6-7,10-11,14-16H2,1-3H3. The predicted molar refractivity (Wildman–Crippen MR) is 110 cm³/mol. The summed E-state index contributed by atoms with van der Waals surface area (Å²) in [6.45, 7) is 8.20. The van der Waals surface area contributed by atoms with Crippen molar-refractivity contribution in [3.8, 4) is 5.69 Å². The first-order valence-corrected chi connectivity index (χ1v) is 10.9. The molecule has 2 bridgehead atoms. The lowest BCUT2D eigenvalue weighted by Crippen LogP contribution is -2.37. The Morgan fingerprint density at radius 3 is 2.41 bits per heavy atom. The Labute approximate surface area is 162 Å². The van der Waals surface area contributed by atoms with Gasteiger partial charge in [-0.05, 0) is 55.1 Å². The van der Waals surface area contributed by atoms with Gasteiger partial charge in [-0.3, -0.25) is 9.48 Å². The fourth-order valence-corrected chi connectivity index (χ4v) is 6.50. The van der Waals surface area contributed by atoms with Crippen LogP contribution in [0.15, 0.2) is 35.1 Å². The Hall–Kier alpha value is -1.77. The van der Waals surface area contributed by atoms with Crippen molar-refractivity contribution in [3.63, 3.8) is 0 Å². The van der Waals surface area contributed by atoms with Gasteiger partial charge in [-0.25, -0.2) is 4.68 Å². The maximum Gasteiger partial charge on any atom is 0.275 e. The second-order valence-corrected chi connectivity index (χ2v) is 9.95. The van der Waals surface area contributed by atoms with Crippen LogP contribution in [0.25, 0.3) is 5.69 Å². The van der Waals surface area contributed by atoms with E-state index < -0.39 is 0 Å². The van der Waals surface area contributed by atoms with E-state index in [1.807, 2.05) is 22.9 Å². The smallest absolute Gasteiger partial charge is 0.275 e. The molecule has 2 unspecified atom stereocenters. The van der Waals surface area contributed by atoms with Crippen LogP contribution < -0.4 is 5.56 Å². The van der Waals surface area contributed by atoms with E-state index in [1.165, 1.54) is 44.2 Å². The molecule has 5 rings (SSSR count). The SMILES string of the molecule is CC12CCC(c3c1n(CC1CCCCC1)n(-c1ccccc1)c3=O)C2(C)C. The Balaban J connectivity index is 1.72. The molecule has 2 atom stereocenters. The first-order valence-electron chi connectivity index (χ1n) is 10.9. The largest absolute Gasteiger partial charge is 0.281 e. The van der Waals surface area contributed by atoms with Crippen LogP contribution in [0.5, 0.6) is 0 Å². The fraction of sp³-hybridized carbons (Fsp3) is 0.625. The number of rotatable bonds is 3. The van der Waals surface area contributed by atoms with Gasteiger partial charge in [-0.1, -0.05) is 58.2 Å². The van der Waals surface area contributed by atoms with Crippen molar-refractivity contribution in [2.24, 2.45) is 11.3 Å². The lowest BCUT2D eigenvalue weighted by atomic mass is 9.70. The van der Waals surface area contributed by atoms with E-state index >= 15 is 0 Å². The van der Waals surface area contributed by atoms with Gasteiger partial charge in [0.1, 0.15) is 0 Å². The normalized spacial score (nSPS) is 29.2. The van der Waals surface area contributed by atoms with Crippen LogP contribution in [0.1, 0.15) is 82.9 Å². The van der Waals surface area contributed by atoms with Crippen molar-refractivity contribution < 1.29 is 0 Å². The number of para-hydroxylation sites is 1. The highest BCUT2D eigenvalue weighted by atomic mass is 16.1. The van der Waals surface area contributed by atoms with Crippen LogP contribution in [0.2, 0.25) is 0 Å². The van der Waals surface area contributed by atoms with E-state index in [4.69, 9.17) is 0 Å². The summed E-state index contributed by atoms with van der Waals surface area (Å²) in [5, 5.41) is 0. The molecule has 0 spiro atoms. The number of aromatic nitrogens is 2. The average molecular weight is 365 g/mol. The summed E-state index contributed by atoms with van der Waals surface area (Å²) in [6, 6.07) is 10.3. The molecular weight excluding hydrogens is 332 g/mol. The van der Waals surface area contributed by atoms with E-state index in [0.29, 0.717) is 11.8 Å². The second kappa shape index (κ2) is 5.86. The molecular formula is C24H32N2O. The van der Waals surface area contributed by atoms with Gasteiger partial charge in [-0.15, -0.1) is 0 Å². The van der Waals surface area contributed by atoms with Gasteiger partial charge in [0.2, 0.25) is 0 Å². The van der Waals surface area contributed by atoms with Crippen molar-refractivity contribution in [3.05, 3.63) is 51.9 Å². The summed E-state index contributed by atoms with van der Waals surface area (Å²) >= 11 is 0. The van der Waals surface area contributed by atoms with Gasteiger partial charge in [0.05, 0.1) is 11.4 Å². The van der Waals surface area contributed by atoms with Gasteiger partial charge in [0.25, 0.3) is 5.56 Å². The van der Waals surface area contributed by atoms with Crippen molar-refractivity contribution in [2.45, 2.75) is 83.6 Å².